The van der Waals surface area contributed by atoms with Crippen LogP contribution in [-0.4, -0.2) is 34.3 Å². The maximum Gasteiger partial charge on any atom is 0.418 e. The van der Waals surface area contributed by atoms with Crippen LogP contribution in [0.5, 0.6) is 5.75 Å². The zero-order chi connectivity index (χ0) is 23.5. The van der Waals surface area contributed by atoms with Crippen molar-refractivity contribution in [3.63, 3.8) is 0 Å². The van der Waals surface area contributed by atoms with Crippen molar-refractivity contribution in [3.05, 3.63) is 58.1 Å². The fourth-order valence-electron chi connectivity index (χ4n) is 2.78. The van der Waals surface area contributed by atoms with Crippen LogP contribution in [-0.2, 0) is 15.8 Å². The van der Waals surface area contributed by atoms with E-state index in [1.54, 1.807) is 0 Å². The maximum absolute atomic E-state index is 13.1. The number of thioether (sulfide) groups is 1. The molecule has 1 unspecified atom stereocenters. The van der Waals surface area contributed by atoms with Crippen LogP contribution in [0, 0.1) is 10.1 Å². The largest absolute Gasteiger partial charge is 0.496 e. The summed E-state index contributed by atoms with van der Waals surface area (Å²) in [5.41, 5.74) is -1.82. The van der Waals surface area contributed by atoms with Gasteiger partial charge in [0.15, 0.2) is 5.17 Å². The molecule has 0 bridgehead atoms. The molecule has 2 N–H and O–H groups in total. The summed E-state index contributed by atoms with van der Waals surface area (Å²) in [4.78, 5) is 38.9. The number of nitro benzene ring substituents is 1. The second-order valence-electron chi connectivity index (χ2n) is 6.42. The van der Waals surface area contributed by atoms with Gasteiger partial charge in [0.25, 0.3) is 5.69 Å². The van der Waals surface area contributed by atoms with Gasteiger partial charge in [0.2, 0.25) is 11.8 Å². The summed E-state index contributed by atoms with van der Waals surface area (Å²) in [6.07, 6.45) is -5.00. The molecule has 3 rings (SSSR count). The van der Waals surface area contributed by atoms with E-state index >= 15 is 0 Å². The molecule has 0 saturated carbocycles. The average Bonchev–Trinajstić information content (AvgIpc) is 3.06. The topological polar surface area (TPSA) is 123 Å². The lowest BCUT2D eigenvalue weighted by Gasteiger charge is -2.09. The second kappa shape index (κ2) is 9.26. The van der Waals surface area contributed by atoms with Gasteiger partial charge in [-0.15, -0.1) is 0 Å². The number of nitro groups is 1. The smallest absolute Gasteiger partial charge is 0.418 e. The summed E-state index contributed by atoms with van der Waals surface area (Å²) in [5, 5.41) is 14.9. The number of nitrogens with one attached hydrogen (secondary N) is 2. The van der Waals surface area contributed by atoms with E-state index in [4.69, 9.17) is 4.74 Å². The number of nitrogens with zero attached hydrogens (tertiary/aromatic N) is 2. The molecule has 2 amide bonds. The number of hydrogen-bond donors (Lipinski definition) is 2. The molecule has 1 saturated heterocycles. The lowest BCUT2D eigenvalue weighted by molar-refractivity contribution is -0.384. The average molecular weight is 468 g/mol. The zero-order valence-corrected chi connectivity index (χ0v) is 17.1. The fraction of sp³-hybridized carbons (Fsp3) is 0.211. The molecule has 9 nitrogen and oxygen atoms in total. The Morgan fingerprint density at radius 3 is 2.69 bits per heavy atom. The van der Waals surface area contributed by atoms with Crippen molar-refractivity contribution in [2.24, 2.45) is 4.99 Å². The Morgan fingerprint density at radius 1 is 1.31 bits per heavy atom. The lowest BCUT2D eigenvalue weighted by Crippen LogP contribution is -2.28. The summed E-state index contributed by atoms with van der Waals surface area (Å²) in [6.45, 7) is 0. The highest BCUT2D eigenvalue weighted by molar-refractivity contribution is 8.15. The molecule has 0 aliphatic carbocycles. The van der Waals surface area contributed by atoms with E-state index in [1.165, 1.54) is 31.4 Å². The van der Waals surface area contributed by atoms with Gasteiger partial charge in [-0.1, -0.05) is 23.9 Å². The number of amides is 2. The van der Waals surface area contributed by atoms with Crippen LogP contribution in [0.3, 0.4) is 0 Å². The molecule has 1 atom stereocenters. The third-order valence-electron chi connectivity index (χ3n) is 4.25. The summed E-state index contributed by atoms with van der Waals surface area (Å²) in [5.74, 6) is -1.08. The molecule has 1 aliphatic rings. The summed E-state index contributed by atoms with van der Waals surface area (Å²) in [7, 11) is 1.33. The molecular weight excluding hydrogens is 453 g/mol. The minimum Gasteiger partial charge on any atom is -0.496 e. The SMILES string of the molecule is COc1ccc(NC(=O)CC2SC(=Nc3ccccc3C(F)(F)F)NC2=O)c([N+](=O)[O-])c1. The number of alkyl halides is 3. The van der Waals surface area contributed by atoms with E-state index < -0.39 is 39.4 Å². The summed E-state index contributed by atoms with van der Waals surface area (Å²) < 4.78 is 44.3. The van der Waals surface area contributed by atoms with E-state index in [-0.39, 0.29) is 28.7 Å². The van der Waals surface area contributed by atoms with E-state index in [1.807, 2.05) is 0 Å². The molecule has 0 aromatic heterocycles. The Hall–Kier alpha value is -3.61. The molecule has 1 heterocycles. The maximum atomic E-state index is 13.1. The third kappa shape index (κ3) is 5.35. The molecule has 168 valence electrons. The molecule has 0 spiro atoms. The number of halogens is 3. The number of aliphatic imine (C=N–C) groups is 1. The molecule has 0 radical (unpaired) electrons. The van der Waals surface area contributed by atoms with Crippen LogP contribution in [0.2, 0.25) is 0 Å². The highest BCUT2D eigenvalue weighted by Gasteiger charge is 2.35. The first-order valence-corrected chi connectivity index (χ1v) is 9.81. The number of benzene rings is 2. The van der Waals surface area contributed by atoms with Gasteiger partial charge in [-0.25, -0.2) is 4.99 Å². The van der Waals surface area contributed by atoms with E-state index in [2.05, 4.69) is 15.6 Å². The van der Waals surface area contributed by atoms with Gasteiger partial charge in [-0.05, 0) is 24.3 Å². The van der Waals surface area contributed by atoms with E-state index in [0.29, 0.717) is 0 Å². The second-order valence-corrected chi connectivity index (χ2v) is 7.61. The van der Waals surface area contributed by atoms with Crippen molar-refractivity contribution < 1.29 is 32.4 Å². The lowest BCUT2D eigenvalue weighted by atomic mass is 10.2. The fourth-order valence-corrected chi connectivity index (χ4v) is 3.76. The highest BCUT2D eigenvalue weighted by Crippen LogP contribution is 2.37. The number of carbonyl (C=O) groups excluding carboxylic acids is 2. The van der Waals surface area contributed by atoms with E-state index in [9.17, 15) is 32.9 Å². The number of rotatable bonds is 6. The van der Waals surface area contributed by atoms with Crippen molar-refractivity contribution in [1.82, 2.24) is 5.32 Å². The van der Waals surface area contributed by atoms with E-state index in [0.717, 1.165) is 30.0 Å². The van der Waals surface area contributed by atoms with Crippen molar-refractivity contribution in [2.75, 3.05) is 12.4 Å². The van der Waals surface area contributed by atoms with Crippen molar-refractivity contribution in [1.29, 1.82) is 0 Å². The van der Waals surface area contributed by atoms with Gasteiger partial charge >= 0.3 is 6.18 Å². The summed E-state index contributed by atoms with van der Waals surface area (Å²) in [6, 6.07) is 8.47. The summed E-state index contributed by atoms with van der Waals surface area (Å²) >= 11 is 0.796. The minimum absolute atomic E-state index is 0.0834. The molecule has 2 aromatic carbocycles. The Balaban J connectivity index is 1.72. The molecule has 32 heavy (non-hydrogen) atoms. The zero-order valence-electron chi connectivity index (χ0n) is 16.3. The van der Waals surface area contributed by atoms with Gasteiger partial charge in [0, 0.05) is 6.42 Å². The normalized spacial score (nSPS) is 17.2. The van der Waals surface area contributed by atoms with Gasteiger partial charge in [-0.2, -0.15) is 13.2 Å². The Kier molecular flexibility index (Phi) is 6.67. The first kappa shape index (κ1) is 23.1. The van der Waals surface area contributed by atoms with Crippen LogP contribution in [0.15, 0.2) is 47.5 Å². The van der Waals surface area contributed by atoms with Crippen molar-refractivity contribution in [3.8, 4) is 5.75 Å². The monoisotopic (exact) mass is 468 g/mol. The van der Waals surface area contributed by atoms with Gasteiger partial charge < -0.3 is 15.4 Å². The Labute approximate surface area is 183 Å². The number of methoxy groups -OCH3 is 1. The molecule has 13 heteroatoms. The number of anilines is 1. The number of ether oxygens (including phenoxy) is 1. The number of amidine groups is 1. The van der Waals surface area contributed by atoms with Crippen molar-refractivity contribution >= 4 is 45.8 Å². The third-order valence-corrected chi connectivity index (χ3v) is 5.34. The van der Waals surface area contributed by atoms with Gasteiger partial charge in [-0.3, -0.25) is 19.7 Å². The number of hydrogen-bond acceptors (Lipinski definition) is 7. The Bertz CT molecular complexity index is 1110. The van der Waals surface area contributed by atoms with Crippen LogP contribution in [0.4, 0.5) is 30.2 Å². The number of carbonyl (C=O) groups is 2. The molecular formula is C19H15F3N4O5S. The molecule has 1 aliphatic heterocycles. The predicted molar refractivity (Wildman–Crippen MR) is 111 cm³/mol. The molecule has 2 aromatic rings. The number of para-hydroxylation sites is 1. The quantitative estimate of drug-likeness (QED) is 0.490. The van der Waals surface area contributed by atoms with Crippen molar-refractivity contribution in [2.45, 2.75) is 17.8 Å². The van der Waals surface area contributed by atoms with Crippen LogP contribution >= 0.6 is 11.8 Å². The first-order valence-electron chi connectivity index (χ1n) is 8.93. The van der Waals surface area contributed by atoms with Crippen LogP contribution < -0.4 is 15.4 Å². The predicted octanol–water partition coefficient (Wildman–Crippen LogP) is 3.87. The van der Waals surface area contributed by atoms with Crippen LogP contribution in [0.25, 0.3) is 0 Å². The van der Waals surface area contributed by atoms with Gasteiger partial charge in [0.1, 0.15) is 16.7 Å². The van der Waals surface area contributed by atoms with Gasteiger partial charge in [0.05, 0.1) is 29.4 Å². The Morgan fingerprint density at radius 2 is 2.03 bits per heavy atom. The first-order chi connectivity index (χ1) is 15.1. The standard InChI is InChI=1S/C19H15F3N4O5S/c1-31-10-6-7-13(14(8-10)26(29)30)23-16(27)9-15-17(28)25-18(32-15)24-12-5-3-2-4-11(12)19(20,21)22/h2-8,15H,9H2,1H3,(H,23,27)(H,24,25,28). The highest BCUT2D eigenvalue weighted by atomic mass is 32.2. The molecule has 1 fully saturated rings. The van der Waals surface area contributed by atoms with Crippen LogP contribution in [0.1, 0.15) is 12.0 Å². The minimum atomic E-state index is -4.62.